The minimum Gasteiger partial charge on any atom is -0.319 e. The lowest BCUT2D eigenvalue weighted by molar-refractivity contribution is -0.113. The number of benzene rings is 1. The second-order valence-electron chi connectivity index (χ2n) is 5.36. The normalized spacial score (nSPS) is 14.2. The lowest BCUT2D eigenvalue weighted by Crippen LogP contribution is -2.51. The molecule has 2 rings (SSSR count). The highest BCUT2D eigenvalue weighted by atomic mass is 16.2. The van der Waals surface area contributed by atoms with Gasteiger partial charge in [-0.1, -0.05) is 12.1 Å². The van der Waals surface area contributed by atoms with Gasteiger partial charge in [0.2, 0.25) is 0 Å². The maximum absolute atomic E-state index is 12.6. The first kappa shape index (κ1) is 14.2. The van der Waals surface area contributed by atoms with Crippen molar-refractivity contribution in [1.82, 2.24) is 4.90 Å². The average molecular weight is 274 g/mol. The molecule has 1 aromatic carbocycles. The fourth-order valence-electron chi connectivity index (χ4n) is 2.53. The van der Waals surface area contributed by atoms with E-state index < -0.39 is 17.7 Å². The summed E-state index contributed by atoms with van der Waals surface area (Å²) in [5.41, 5.74) is 0.664. The highest BCUT2D eigenvalue weighted by Crippen LogP contribution is 2.30. The summed E-state index contributed by atoms with van der Waals surface area (Å²) < 4.78 is 0. The molecule has 3 amide bonds. The van der Waals surface area contributed by atoms with E-state index in [2.05, 4.69) is 0 Å². The zero-order chi connectivity index (χ0) is 15.0. The average Bonchev–Trinajstić information content (AvgIpc) is 2.61. The largest absolute Gasteiger partial charge is 0.332 e. The van der Waals surface area contributed by atoms with Crippen molar-refractivity contribution in [2.75, 3.05) is 4.90 Å². The Morgan fingerprint density at radius 2 is 1.60 bits per heavy atom. The molecule has 5 nitrogen and oxygen atoms in total. The number of fused-ring (bicyclic) bond motifs is 1. The van der Waals surface area contributed by atoms with Gasteiger partial charge in [0, 0.05) is 12.1 Å². The van der Waals surface area contributed by atoms with Crippen LogP contribution >= 0.6 is 0 Å². The van der Waals surface area contributed by atoms with Gasteiger partial charge in [0.1, 0.15) is 0 Å². The van der Waals surface area contributed by atoms with Gasteiger partial charge in [0.25, 0.3) is 5.78 Å². The van der Waals surface area contributed by atoms with Crippen molar-refractivity contribution in [3.63, 3.8) is 0 Å². The fraction of sp³-hybridized carbons (Fsp3) is 0.400. The molecular formula is C15H18N2O3. The van der Waals surface area contributed by atoms with Gasteiger partial charge in [-0.2, -0.15) is 0 Å². The van der Waals surface area contributed by atoms with Crippen LogP contribution in [-0.4, -0.2) is 34.7 Å². The topological polar surface area (TPSA) is 57.7 Å². The summed E-state index contributed by atoms with van der Waals surface area (Å²) in [5.74, 6) is -1.40. The Balaban J connectivity index is 2.45. The summed E-state index contributed by atoms with van der Waals surface area (Å²) in [6.07, 6.45) is 0. The number of carbonyl (C=O) groups excluding carboxylic acids is 3. The van der Waals surface area contributed by atoms with Crippen molar-refractivity contribution < 1.29 is 14.4 Å². The van der Waals surface area contributed by atoms with Crippen molar-refractivity contribution in [3.05, 3.63) is 29.8 Å². The quantitative estimate of drug-likeness (QED) is 0.778. The summed E-state index contributed by atoms with van der Waals surface area (Å²) in [6, 6.07) is 6.02. The molecular weight excluding hydrogens is 256 g/mol. The first-order chi connectivity index (χ1) is 9.36. The van der Waals surface area contributed by atoms with Gasteiger partial charge < -0.3 is 4.90 Å². The van der Waals surface area contributed by atoms with Crippen molar-refractivity contribution in [2.24, 2.45) is 0 Å². The smallest absolute Gasteiger partial charge is 0.319 e. The molecule has 0 bridgehead atoms. The molecule has 0 aliphatic carbocycles. The third kappa shape index (κ3) is 2.09. The second-order valence-corrected chi connectivity index (χ2v) is 5.36. The van der Waals surface area contributed by atoms with E-state index in [0.29, 0.717) is 11.3 Å². The van der Waals surface area contributed by atoms with E-state index >= 15 is 0 Å². The minimum atomic E-state index is -0.775. The van der Waals surface area contributed by atoms with Gasteiger partial charge in [-0.3, -0.25) is 9.59 Å². The van der Waals surface area contributed by atoms with Crippen LogP contribution in [0.3, 0.4) is 0 Å². The van der Waals surface area contributed by atoms with Crippen molar-refractivity contribution >= 4 is 23.4 Å². The van der Waals surface area contributed by atoms with E-state index in [9.17, 15) is 14.4 Å². The highest BCUT2D eigenvalue weighted by Gasteiger charge is 2.42. The molecule has 0 saturated heterocycles. The molecule has 0 aromatic heterocycles. The van der Waals surface area contributed by atoms with Crippen LogP contribution in [0.2, 0.25) is 0 Å². The van der Waals surface area contributed by atoms with Gasteiger partial charge >= 0.3 is 11.9 Å². The number of ketones is 1. The molecule has 0 N–H and O–H groups in total. The molecule has 106 valence electrons. The number of hydrogen-bond donors (Lipinski definition) is 0. The Morgan fingerprint density at radius 1 is 1.05 bits per heavy atom. The minimum absolute atomic E-state index is 0.0573. The van der Waals surface area contributed by atoms with E-state index in [1.165, 1.54) is 0 Å². The number of para-hydroxylation sites is 1. The molecule has 1 aliphatic heterocycles. The molecule has 1 aliphatic rings. The Bertz CT molecular complexity index is 570. The molecule has 0 atom stereocenters. The Kier molecular flexibility index (Phi) is 3.61. The van der Waals surface area contributed by atoms with Crippen LogP contribution in [0.15, 0.2) is 24.3 Å². The van der Waals surface area contributed by atoms with E-state index in [4.69, 9.17) is 0 Å². The van der Waals surface area contributed by atoms with Gasteiger partial charge in [-0.25, -0.2) is 9.69 Å². The summed E-state index contributed by atoms with van der Waals surface area (Å²) >= 11 is 0. The van der Waals surface area contributed by atoms with E-state index in [-0.39, 0.29) is 12.1 Å². The number of rotatable bonds is 2. The van der Waals surface area contributed by atoms with Crippen LogP contribution < -0.4 is 4.90 Å². The number of nitrogens with zero attached hydrogens (tertiary/aromatic N) is 2. The van der Waals surface area contributed by atoms with Gasteiger partial charge in [0.05, 0.1) is 11.3 Å². The monoisotopic (exact) mass is 274 g/mol. The van der Waals surface area contributed by atoms with Crippen LogP contribution in [-0.2, 0) is 4.79 Å². The van der Waals surface area contributed by atoms with Crippen LogP contribution in [0.5, 0.6) is 0 Å². The summed E-state index contributed by atoms with van der Waals surface area (Å²) in [7, 11) is 0. The Hall–Kier alpha value is -2.17. The second kappa shape index (κ2) is 5.07. The molecule has 20 heavy (non-hydrogen) atoms. The van der Waals surface area contributed by atoms with Crippen LogP contribution in [0.1, 0.15) is 38.1 Å². The standard InChI is InChI=1S/C15H18N2O3/c1-9(2)16(10(3)4)15(20)17-12-8-6-5-7-11(12)13(18)14(17)19/h5-10H,1-4H3. The van der Waals surface area contributed by atoms with Crippen LogP contribution in [0.25, 0.3) is 0 Å². The molecule has 1 aromatic rings. The summed E-state index contributed by atoms with van der Waals surface area (Å²) in [4.78, 5) is 39.2. The zero-order valence-corrected chi connectivity index (χ0v) is 12.1. The predicted octanol–water partition coefficient (Wildman–Crippen LogP) is 2.45. The molecule has 0 radical (unpaired) electrons. The summed E-state index contributed by atoms with van der Waals surface area (Å²) in [5, 5.41) is 0. The lowest BCUT2D eigenvalue weighted by Gasteiger charge is -2.33. The molecule has 1 heterocycles. The van der Waals surface area contributed by atoms with Crippen LogP contribution in [0, 0.1) is 0 Å². The number of hydrogen-bond acceptors (Lipinski definition) is 3. The van der Waals surface area contributed by atoms with Crippen molar-refractivity contribution in [1.29, 1.82) is 0 Å². The van der Waals surface area contributed by atoms with Gasteiger partial charge in [-0.15, -0.1) is 0 Å². The maximum Gasteiger partial charge on any atom is 0.332 e. The fourth-order valence-corrected chi connectivity index (χ4v) is 2.53. The highest BCUT2D eigenvalue weighted by molar-refractivity contribution is 6.56. The molecule has 0 saturated carbocycles. The summed E-state index contributed by atoms with van der Waals surface area (Å²) in [6.45, 7) is 7.52. The van der Waals surface area contributed by atoms with Gasteiger partial charge in [0.15, 0.2) is 0 Å². The third-order valence-corrected chi connectivity index (χ3v) is 3.31. The predicted molar refractivity (Wildman–Crippen MR) is 75.8 cm³/mol. The van der Waals surface area contributed by atoms with Crippen molar-refractivity contribution in [2.45, 2.75) is 39.8 Å². The number of urea groups is 1. The number of imide groups is 1. The number of amides is 3. The van der Waals surface area contributed by atoms with Gasteiger partial charge in [-0.05, 0) is 39.8 Å². The lowest BCUT2D eigenvalue weighted by atomic mass is 10.1. The third-order valence-electron chi connectivity index (χ3n) is 3.31. The maximum atomic E-state index is 12.6. The first-order valence-corrected chi connectivity index (χ1v) is 6.66. The Labute approximate surface area is 118 Å². The van der Waals surface area contributed by atoms with Crippen LogP contribution in [0.4, 0.5) is 10.5 Å². The molecule has 5 heteroatoms. The molecule has 0 spiro atoms. The van der Waals surface area contributed by atoms with E-state index in [1.54, 1.807) is 29.2 Å². The number of anilines is 1. The van der Waals surface area contributed by atoms with E-state index in [0.717, 1.165) is 4.90 Å². The van der Waals surface area contributed by atoms with E-state index in [1.807, 2.05) is 27.7 Å². The molecule has 0 unspecified atom stereocenters. The number of Topliss-reactive ketones (excluding diaryl/α,β-unsaturated/α-hetero) is 1. The Morgan fingerprint density at radius 3 is 2.15 bits per heavy atom. The zero-order valence-electron chi connectivity index (χ0n) is 12.1. The number of carbonyl (C=O) groups is 3. The van der Waals surface area contributed by atoms with Crippen molar-refractivity contribution in [3.8, 4) is 0 Å². The SMILES string of the molecule is CC(C)N(C(=O)N1C(=O)C(=O)c2ccccc21)C(C)C. The first-order valence-electron chi connectivity index (χ1n) is 6.66. The molecule has 0 fully saturated rings.